The lowest BCUT2D eigenvalue weighted by Gasteiger charge is -2.21. The van der Waals surface area contributed by atoms with Crippen LogP contribution < -0.4 is 0 Å². The third-order valence-electron chi connectivity index (χ3n) is 19.7. The summed E-state index contributed by atoms with van der Waals surface area (Å²) in [6.07, 6.45) is 62.3. The van der Waals surface area contributed by atoms with Gasteiger partial charge in [-0.15, -0.1) is 0 Å². The molecule has 0 heterocycles. The standard InChI is InChI=1S/C83H162O17P2/c1-8-10-11-12-13-14-26-36-43-50-57-64-80(85)93-70-79(100-83(88)67-60-53-46-39-32-31-35-42-49-56-63-76(7)9-2)73-98-102(91,92)96-69-77(84)68-95-101(89,90)97-72-78(71-94-81(86)65-58-51-44-37-29-24-21-17-19-23-28-34-41-48-55-62-75(5)6)99-82(87)66-59-52-45-38-30-25-20-16-15-18-22-27-33-40-47-54-61-74(3)4/h74-79,84H,8-73H2,1-7H3,(H,89,90)(H,91,92)/t76?,77-,78-,79-/m1/s1. The molecule has 0 bridgehead atoms. The fourth-order valence-corrected chi connectivity index (χ4v) is 14.4. The van der Waals surface area contributed by atoms with Crippen molar-refractivity contribution in [3.8, 4) is 0 Å². The molecule has 0 aliphatic carbocycles. The number of aliphatic hydroxyl groups is 1. The van der Waals surface area contributed by atoms with Gasteiger partial charge in [0.1, 0.15) is 19.3 Å². The van der Waals surface area contributed by atoms with E-state index in [2.05, 4.69) is 48.5 Å². The number of hydrogen-bond acceptors (Lipinski definition) is 15. The van der Waals surface area contributed by atoms with Crippen molar-refractivity contribution < 1.29 is 80.2 Å². The first kappa shape index (κ1) is 100. The second-order valence-corrected chi connectivity index (χ2v) is 34.0. The van der Waals surface area contributed by atoms with Gasteiger partial charge in [-0.3, -0.25) is 37.3 Å². The molecule has 3 N–H and O–H groups in total. The van der Waals surface area contributed by atoms with Crippen LogP contribution in [0.5, 0.6) is 0 Å². The summed E-state index contributed by atoms with van der Waals surface area (Å²) >= 11 is 0. The fraction of sp³-hybridized carbons (Fsp3) is 0.952. The number of aliphatic hydroxyl groups excluding tert-OH is 1. The summed E-state index contributed by atoms with van der Waals surface area (Å²) in [6, 6.07) is 0. The maximum Gasteiger partial charge on any atom is 0.472 e. The molecule has 19 heteroatoms. The summed E-state index contributed by atoms with van der Waals surface area (Å²) in [7, 11) is -9.92. The SMILES string of the molecule is CCCCCCCCCCCCCC(=O)OC[C@H](COP(=O)(O)OC[C@H](O)COP(=O)(O)OC[C@@H](COC(=O)CCCCCCCCCCCCCCCCCC(C)C)OC(=O)CCCCCCCCCCCCCCCCCCC(C)C)OC(=O)CCCCCCCCCCCCC(C)CC. The number of unbranched alkanes of at least 4 members (excludes halogenated alkanes) is 48. The normalized spacial score (nSPS) is 14.2. The second kappa shape index (κ2) is 73.2. The second-order valence-electron chi connectivity index (χ2n) is 31.1. The zero-order valence-electron chi connectivity index (χ0n) is 67.1. The van der Waals surface area contributed by atoms with Crippen molar-refractivity contribution >= 4 is 39.5 Å². The smallest absolute Gasteiger partial charge is 0.462 e. The Morgan fingerprint density at radius 1 is 0.284 bits per heavy atom. The predicted octanol–water partition coefficient (Wildman–Crippen LogP) is 24.9. The topological polar surface area (TPSA) is 237 Å². The molecule has 606 valence electrons. The van der Waals surface area contributed by atoms with Gasteiger partial charge in [0.2, 0.25) is 0 Å². The van der Waals surface area contributed by atoms with E-state index in [0.29, 0.717) is 25.7 Å². The number of phosphoric acid groups is 2. The Morgan fingerprint density at radius 2 is 0.500 bits per heavy atom. The molecule has 0 aliphatic rings. The van der Waals surface area contributed by atoms with Crippen LogP contribution >= 0.6 is 15.6 Å². The van der Waals surface area contributed by atoms with Gasteiger partial charge < -0.3 is 33.8 Å². The minimum absolute atomic E-state index is 0.107. The van der Waals surface area contributed by atoms with E-state index < -0.39 is 97.5 Å². The van der Waals surface area contributed by atoms with E-state index in [1.807, 2.05) is 0 Å². The summed E-state index contributed by atoms with van der Waals surface area (Å²) in [6.45, 7) is 12.0. The largest absolute Gasteiger partial charge is 0.472 e. The van der Waals surface area contributed by atoms with Crippen molar-refractivity contribution in [3.63, 3.8) is 0 Å². The third-order valence-corrected chi connectivity index (χ3v) is 21.6. The molecule has 0 rings (SSSR count). The van der Waals surface area contributed by atoms with Gasteiger partial charge in [-0.05, 0) is 43.4 Å². The molecule has 0 amide bonds. The number of hydrogen-bond donors (Lipinski definition) is 3. The van der Waals surface area contributed by atoms with Crippen LogP contribution in [0.15, 0.2) is 0 Å². The first-order chi connectivity index (χ1) is 49.3. The molecule has 0 aromatic rings. The van der Waals surface area contributed by atoms with E-state index in [1.165, 1.54) is 244 Å². The van der Waals surface area contributed by atoms with Crippen LogP contribution in [0, 0.1) is 17.8 Å². The minimum atomic E-state index is -4.96. The van der Waals surface area contributed by atoms with Gasteiger partial charge in [-0.25, -0.2) is 9.13 Å². The third kappa shape index (κ3) is 74.9. The average molecular weight is 1490 g/mol. The number of esters is 4. The number of ether oxygens (including phenoxy) is 4. The van der Waals surface area contributed by atoms with E-state index in [-0.39, 0.29) is 25.7 Å². The highest BCUT2D eigenvalue weighted by atomic mass is 31.2. The van der Waals surface area contributed by atoms with Gasteiger partial charge in [-0.1, -0.05) is 382 Å². The van der Waals surface area contributed by atoms with Gasteiger partial charge >= 0.3 is 39.5 Å². The van der Waals surface area contributed by atoms with E-state index in [0.717, 1.165) is 108 Å². The van der Waals surface area contributed by atoms with Crippen LogP contribution in [-0.4, -0.2) is 96.7 Å². The van der Waals surface area contributed by atoms with Crippen molar-refractivity contribution in [1.29, 1.82) is 0 Å². The van der Waals surface area contributed by atoms with E-state index in [4.69, 9.17) is 37.0 Å². The number of carbonyl (C=O) groups is 4. The van der Waals surface area contributed by atoms with Crippen molar-refractivity contribution in [1.82, 2.24) is 0 Å². The molecular formula is C83H162O17P2. The molecule has 0 saturated heterocycles. The molecule has 0 aromatic carbocycles. The minimum Gasteiger partial charge on any atom is -0.462 e. The predicted molar refractivity (Wildman–Crippen MR) is 418 cm³/mol. The number of carbonyl (C=O) groups excluding carboxylic acids is 4. The van der Waals surface area contributed by atoms with E-state index >= 15 is 0 Å². The Bertz CT molecular complexity index is 1980. The highest BCUT2D eigenvalue weighted by molar-refractivity contribution is 7.47. The first-order valence-corrected chi connectivity index (χ1v) is 45.9. The van der Waals surface area contributed by atoms with Crippen LogP contribution in [0.3, 0.4) is 0 Å². The lowest BCUT2D eigenvalue weighted by atomic mass is 9.99. The Labute approximate surface area is 626 Å². The zero-order valence-corrected chi connectivity index (χ0v) is 68.9. The summed E-state index contributed by atoms with van der Waals surface area (Å²) in [5.74, 6) is 0.312. The monoisotopic (exact) mass is 1490 g/mol. The van der Waals surface area contributed by atoms with Crippen molar-refractivity contribution in [2.75, 3.05) is 39.6 Å². The van der Waals surface area contributed by atoms with Crippen molar-refractivity contribution in [3.05, 3.63) is 0 Å². The first-order valence-electron chi connectivity index (χ1n) is 42.9. The molecule has 17 nitrogen and oxygen atoms in total. The van der Waals surface area contributed by atoms with Gasteiger partial charge in [-0.2, -0.15) is 0 Å². The Balaban J connectivity index is 5.25. The van der Waals surface area contributed by atoms with Gasteiger partial charge in [0.05, 0.1) is 26.4 Å². The van der Waals surface area contributed by atoms with E-state index in [1.54, 1.807) is 0 Å². The van der Waals surface area contributed by atoms with Gasteiger partial charge in [0.25, 0.3) is 0 Å². The number of phosphoric ester groups is 2. The van der Waals surface area contributed by atoms with Gasteiger partial charge in [0, 0.05) is 25.7 Å². The summed E-state index contributed by atoms with van der Waals surface area (Å²) < 4.78 is 68.8. The maximum absolute atomic E-state index is 13.1. The Hall–Kier alpha value is -1.94. The summed E-state index contributed by atoms with van der Waals surface area (Å²) in [5.41, 5.74) is 0. The van der Waals surface area contributed by atoms with Crippen LogP contribution in [0.25, 0.3) is 0 Å². The average Bonchev–Trinajstić information content (AvgIpc) is 0.994. The number of rotatable bonds is 81. The fourth-order valence-electron chi connectivity index (χ4n) is 12.8. The molecule has 0 spiro atoms. The molecule has 6 atom stereocenters. The highest BCUT2D eigenvalue weighted by Gasteiger charge is 2.30. The van der Waals surface area contributed by atoms with Crippen LogP contribution in [0.4, 0.5) is 0 Å². The Morgan fingerprint density at radius 3 is 0.745 bits per heavy atom. The zero-order chi connectivity index (χ0) is 75.1. The molecule has 102 heavy (non-hydrogen) atoms. The molecule has 0 saturated carbocycles. The van der Waals surface area contributed by atoms with Crippen LogP contribution in [0.1, 0.15) is 434 Å². The highest BCUT2D eigenvalue weighted by Crippen LogP contribution is 2.45. The lowest BCUT2D eigenvalue weighted by Crippen LogP contribution is -2.30. The molecule has 0 aliphatic heterocycles. The quantitative estimate of drug-likeness (QED) is 0.0222. The molecule has 0 radical (unpaired) electrons. The van der Waals surface area contributed by atoms with Crippen LogP contribution in [0.2, 0.25) is 0 Å². The van der Waals surface area contributed by atoms with Gasteiger partial charge in [0.15, 0.2) is 12.2 Å². The molecule has 0 aromatic heterocycles. The summed E-state index contributed by atoms with van der Waals surface area (Å²) in [5, 5.41) is 10.7. The Kier molecular flexibility index (Phi) is 71.8. The lowest BCUT2D eigenvalue weighted by molar-refractivity contribution is -0.161. The molecule has 3 unspecified atom stereocenters. The van der Waals surface area contributed by atoms with E-state index in [9.17, 15) is 43.2 Å². The molecular weight excluding hydrogens is 1330 g/mol. The maximum atomic E-state index is 13.1. The van der Waals surface area contributed by atoms with Crippen molar-refractivity contribution in [2.24, 2.45) is 17.8 Å². The van der Waals surface area contributed by atoms with Crippen molar-refractivity contribution in [2.45, 2.75) is 452 Å². The van der Waals surface area contributed by atoms with Crippen LogP contribution in [-0.2, 0) is 65.4 Å². The molecule has 0 fully saturated rings. The summed E-state index contributed by atoms with van der Waals surface area (Å²) in [4.78, 5) is 73.1.